The molecular weight excluding hydrogens is 422 g/mol. The predicted molar refractivity (Wildman–Crippen MR) is 103 cm³/mol. The average molecular weight is 442 g/mol. The summed E-state index contributed by atoms with van der Waals surface area (Å²) in [7, 11) is 0. The van der Waals surface area contributed by atoms with Gasteiger partial charge >= 0.3 is 5.97 Å². The van der Waals surface area contributed by atoms with Crippen molar-refractivity contribution in [1.82, 2.24) is 14.8 Å². The van der Waals surface area contributed by atoms with Gasteiger partial charge < -0.3 is 5.11 Å². The van der Waals surface area contributed by atoms with Crippen molar-refractivity contribution in [3.05, 3.63) is 20.7 Å². The summed E-state index contributed by atoms with van der Waals surface area (Å²) in [6, 6.07) is 0. The van der Waals surface area contributed by atoms with Gasteiger partial charge in [0, 0.05) is 4.88 Å². The van der Waals surface area contributed by atoms with Crippen LogP contribution in [-0.2, 0) is 17.6 Å². The fraction of sp³-hybridized carbons (Fsp3) is 0.588. The average Bonchev–Trinajstić information content (AvgIpc) is 3.26. The number of aliphatic carboxylic acids is 1. The Kier molecular flexibility index (Phi) is 4.48. The zero-order chi connectivity index (χ0) is 17.8. The van der Waals surface area contributed by atoms with Crippen LogP contribution in [0.2, 0.25) is 0 Å². The van der Waals surface area contributed by atoms with Crippen molar-refractivity contribution in [1.29, 1.82) is 0 Å². The van der Waals surface area contributed by atoms with Gasteiger partial charge in [-0.15, -0.1) is 21.5 Å². The van der Waals surface area contributed by atoms with Crippen molar-refractivity contribution in [2.75, 3.05) is 0 Å². The van der Waals surface area contributed by atoms with E-state index in [0.717, 1.165) is 12.3 Å². The molecule has 8 heteroatoms. The van der Waals surface area contributed by atoms with Crippen molar-refractivity contribution in [3.63, 3.8) is 0 Å². The third kappa shape index (κ3) is 3.17. The minimum absolute atomic E-state index is 0.635. The van der Waals surface area contributed by atoms with Gasteiger partial charge in [0.2, 0.25) is 4.73 Å². The Morgan fingerprint density at radius 3 is 2.60 bits per heavy atom. The second-order valence-corrected chi connectivity index (χ2v) is 10.5. The topological polar surface area (TPSA) is 68.0 Å². The van der Waals surface area contributed by atoms with Crippen LogP contribution in [0.4, 0.5) is 0 Å². The van der Waals surface area contributed by atoms with E-state index in [1.807, 2.05) is 15.9 Å². The molecule has 0 amide bonds. The molecule has 0 aliphatic heterocycles. The third-order valence-electron chi connectivity index (χ3n) is 4.84. The number of carboxylic acids is 1. The van der Waals surface area contributed by atoms with Crippen molar-refractivity contribution < 1.29 is 9.90 Å². The summed E-state index contributed by atoms with van der Waals surface area (Å²) in [6.07, 6.45) is 7.32. The second-order valence-electron chi connectivity index (χ2n) is 7.21. The third-order valence-corrected chi connectivity index (χ3v) is 7.90. The lowest BCUT2D eigenvalue weighted by molar-refractivity contribution is -0.138. The molecule has 1 fully saturated rings. The first kappa shape index (κ1) is 17.5. The lowest BCUT2D eigenvalue weighted by atomic mass is 9.92. The fourth-order valence-electron chi connectivity index (χ4n) is 3.26. The molecule has 5 nitrogen and oxygen atoms in total. The first-order chi connectivity index (χ1) is 11.9. The van der Waals surface area contributed by atoms with Gasteiger partial charge in [-0.2, -0.15) is 0 Å². The number of thioether (sulfide) groups is 1. The standard InChI is InChI=1S/C17H20BrN3O2S2/c1-17(2,14(22)23)25-16-20-19-15(18)21(16)13-11-6-4-3-5-10(11)12(24-13)9-7-8-9/h9H,3-8H2,1-2H3,(H,22,23). The fourth-order valence-corrected chi connectivity index (χ4v) is 6.44. The van der Waals surface area contributed by atoms with Crippen molar-refractivity contribution >= 4 is 45.0 Å². The van der Waals surface area contributed by atoms with Crippen LogP contribution in [0.3, 0.4) is 0 Å². The van der Waals surface area contributed by atoms with E-state index in [-0.39, 0.29) is 0 Å². The molecule has 0 bridgehead atoms. The van der Waals surface area contributed by atoms with Crippen LogP contribution in [0, 0.1) is 0 Å². The van der Waals surface area contributed by atoms with E-state index in [1.165, 1.54) is 54.4 Å². The maximum atomic E-state index is 11.5. The van der Waals surface area contributed by atoms with Gasteiger partial charge in [0.1, 0.15) is 9.75 Å². The van der Waals surface area contributed by atoms with Gasteiger partial charge in [0.25, 0.3) is 0 Å². The molecule has 2 heterocycles. The van der Waals surface area contributed by atoms with E-state index in [4.69, 9.17) is 0 Å². The molecule has 134 valence electrons. The molecule has 0 spiro atoms. The Morgan fingerprint density at radius 1 is 1.28 bits per heavy atom. The lowest BCUT2D eigenvalue weighted by Crippen LogP contribution is -2.27. The highest BCUT2D eigenvalue weighted by atomic mass is 79.9. The maximum absolute atomic E-state index is 11.5. The van der Waals surface area contributed by atoms with Gasteiger partial charge in [0.15, 0.2) is 5.16 Å². The lowest BCUT2D eigenvalue weighted by Gasteiger charge is -2.19. The number of halogens is 1. The van der Waals surface area contributed by atoms with E-state index in [1.54, 1.807) is 24.3 Å². The van der Waals surface area contributed by atoms with Gasteiger partial charge in [0.05, 0.1) is 0 Å². The molecule has 0 atom stereocenters. The summed E-state index contributed by atoms with van der Waals surface area (Å²) >= 11 is 6.63. The van der Waals surface area contributed by atoms with Crippen LogP contribution in [0.1, 0.15) is 61.5 Å². The van der Waals surface area contributed by atoms with E-state index < -0.39 is 10.7 Å². The molecule has 1 saturated carbocycles. The summed E-state index contributed by atoms with van der Waals surface area (Å²) in [6.45, 7) is 3.40. The monoisotopic (exact) mass is 441 g/mol. The van der Waals surface area contributed by atoms with Crippen LogP contribution in [0.15, 0.2) is 9.89 Å². The zero-order valence-electron chi connectivity index (χ0n) is 14.2. The number of nitrogens with zero attached hydrogens (tertiary/aromatic N) is 3. The number of rotatable bonds is 5. The highest BCUT2D eigenvalue weighted by molar-refractivity contribution is 9.10. The number of aromatic nitrogens is 3. The number of carboxylic acid groups (broad SMARTS) is 1. The molecule has 0 saturated heterocycles. The van der Waals surface area contributed by atoms with Gasteiger partial charge in [-0.25, -0.2) is 0 Å². The molecule has 2 aromatic rings. The Hall–Kier alpha value is -0.860. The predicted octanol–water partition coefficient (Wildman–Crippen LogP) is 4.80. The zero-order valence-corrected chi connectivity index (χ0v) is 17.4. The van der Waals surface area contributed by atoms with Gasteiger partial charge in [-0.05, 0) is 85.3 Å². The summed E-state index contributed by atoms with van der Waals surface area (Å²) in [5.41, 5.74) is 2.97. The van der Waals surface area contributed by atoms with Crippen molar-refractivity contribution in [2.24, 2.45) is 0 Å². The molecule has 0 aromatic carbocycles. The Morgan fingerprint density at radius 2 is 1.96 bits per heavy atom. The molecule has 0 unspecified atom stereocenters. The van der Waals surface area contributed by atoms with Crippen LogP contribution < -0.4 is 0 Å². The minimum Gasteiger partial charge on any atom is -0.480 e. The van der Waals surface area contributed by atoms with Crippen LogP contribution in [0.25, 0.3) is 5.00 Å². The van der Waals surface area contributed by atoms with E-state index in [2.05, 4.69) is 26.1 Å². The first-order valence-corrected chi connectivity index (χ1v) is 11.0. The highest BCUT2D eigenvalue weighted by Gasteiger charge is 2.35. The Labute approximate surface area is 163 Å². The van der Waals surface area contributed by atoms with E-state index >= 15 is 0 Å². The van der Waals surface area contributed by atoms with Crippen molar-refractivity contribution in [3.8, 4) is 5.00 Å². The molecule has 4 rings (SSSR count). The molecule has 2 aromatic heterocycles. The van der Waals surface area contributed by atoms with E-state index in [9.17, 15) is 9.90 Å². The first-order valence-electron chi connectivity index (χ1n) is 8.56. The van der Waals surface area contributed by atoms with E-state index in [0.29, 0.717) is 9.89 Å². The van der Waals surface area contributed by atoms with Crippen LogP contribution in [-0.4, -0.2) is 30.6 Å². The number of hydrogen-bond acceptors (Lipinski definition) is 5. The normalized spacial score (nSPS) is 17.6. The molecule has 2 aliphatic carbocycles. The number of fused-ring (bicyclic) bond motifs is 1. The number of thiophene rings is 1. The van der Waals surface area contributed by atoms with Crippen molar-refractivity contribution in [2.45, 2.75) is 68.2 Å². The maximum Gasteiger partial charge on any atom is 0.319 e. The molecule has 0 radical (unpaired) electrons. The Balaban J connectivity index is 1.80. The highest BCUT2D eigenvalue weighted by Crippen LogP contribution is 2.50. The SMILES string of the molecule is CC(C)(Sc1nnc(Br)n1-c1sc(C2CC2)c2c1CCCC2)C(=O)O. The van der Waals surface area contributed by atoms with Crippen LogP contribution in [0.5, 0.6) is 0 Å². The summed E-state index contributed by atoms with van der Waals surface area (Å²) in [5.74, 6) is -0.123. The number of carbonyl (C=O) groups is 1. The van der Waals surface area contributed by atoms with Gasteiger partial charge in [-0.3, -0.25) is 9.36 Å². The second kappa shape index (κ2) is 6.39. The summed E-state index contributed by atoms with van der Waals surface area (Å²) in [5, 5.41) is 19.7. The number of hydrogen-bond donors (Lipinski definition) is 1. The van der Waals surface area contributed by atoms with Gasteiger partial charge in [-0.1, -0.05) is 11.8 Å². The largest absolute Gasteiger partial charge is 0.480 e. The molecule has 1 N–H and O–H groups in total. The molecule has 25 heavy (non-hydrogen) atoms. The Bertz CT molecular complexity index is 839. The molecular formula is C17H20BrN3O2S2. The smallest absolute Gasteiger partial charge is 0.319 e. The molecule has 2 aliphatic rings. The quantitative estimate of drug-likeness (QED) is 0.674. The summed E-state index contributed by atoms with van der Waals surface area (Å²) in [4.78, 5) is 13.1. The van der Waals surface area contributed by atoms with Crippen LogP contribution >= 0.6 is 39.0 Å². The minimum atomic E-state index is -0.957. The summed E-state index contributed by atoms with van der Waals surface area (Å²) < 4.78 is 1.70.